The third-order valence-electron chi connectivity index (χ3n) is 5.86. The molecule has 0 unspecified atom stereocenters. The van der Waals surface area contributed by atoms with Gasteiger partial charge in [0.2, 0.25) is 0 Å². The fraction of sp³-hybridized carbons (Fsp3) is 0.435. The lowest BCUT2D eigenvalue weighted by Crippen LogP contribution is -2.38. The van der Waals surface area contributed by atoms with Gasteiger partial charge in [-0.1, -0.05) is 30.3 Å². The number of likely N-dealkylation sites (tertiary alicyclic amines) is 1. The number of hydrogen-bond donors (Lipinski definition) is 0. The van der Waals surface area contributed by atoms with Crippen LogP contribution < -0.4 is 5.69 Å². The first-order valence-corrected chi connectivity index (χ1v) is 10.6. The smallest absolute Gasteiger partial charge is 0.346 e. The van der Waals surface area contributed by atoms with Gasteiger partial charge >= 0.3 is 5.69 Å². The van der Waals surface area contributed by atoms with E-state index in [1.165, 1.54) is 0 Å². The first kappa shape index (κ1) is 20.2. The van der Waals surface area contributed by atoms with Crippen LogP contribution in [0, 0.1) is 13.8 Å². The maximum absolute atomic E-state index is 12.9. The highest BCUT2D eigenvalue weighted by atomic mass is 16.3. The Morgan fingerprint density at radius 3 is 2.47 bits per heavy atom. The Kier molecular flexibility index (Phi) is 5.61. The number of carbonyl (C=O) groups is 1. The van der Waals surface area contributed by atoms with E-state index in [1.54, 1.807) is 9.25 Å². The van der Waals surface area contributed by atoms with E-state index in [2.05, 4.69) is 0 Å². The molecular weight excluding hydrogens is 380 g/mol. The molecule has 0 radical (unpaired) electrons. The van der Waals surface area contributed by atoms with Gasteiger partial charge in [0.25, 0.3) is 5.91 Å². The number of amides is 1. The zero-order valence-electron chi connectivity index (χ0n) is 17.8. The largest absolute Gasteiger partial charge is 0.466 e. The van der Waals surface area contributed by atoms with Gasteiger partial charge in [-0.25, -0.2) is 9.48 Å². The van der Waals surface area contributed by atoms with E-state index in [-0.39, 0.29) is 17.5 Å². The number of furan rings is 1. The van der Waals surface area contributed by atoms with Crippen LogP contribution in [0.5, 0.6) is 0 Å². The molecule has 0 aliphatic carbocycles. The van der Waals surface area contributed by atoms with Gasteiger partial charge in [-0.05, 0) is 45.2 Å². The molecule has 1 aromatic carbocycles. The lowest BCUT2D eigenvalue weighted by atomic mass is 9.95. The molecule has 3 heterocycles. The molecule has 0 saturated carbocycles. The van der Waals surface area contributed by atoms with Crippen molar-refractivity contribution in [3.8, 4) is 0 Å². The molecule has 0 atom stereocenters. The fourth-order valence-corrected chi connectivity index (χ4v) is 4.27. The molecule has 0 N–H and O–H groups in total. The third kappa shape index (κ3) is 3.84. The van der Waals surface area contributed by atoms with Crippen LogP contribution in [0.1, 0.15) is 58.9 Å². The lowest BCUT2D eigenvalue weighted by molar-refractivity contribution is 0.0708. The van der Waals surface area contributed by atoms with Gasteiger partial charge in [0.05, 0.1) is 12.1 Å². The summed E-state index contributed by atoms with van der Waals surface area (Å²) >= 11 is 0. The minimum Gasteiger partial charge on any atom is -0.466 e. The molecule has 2 aromatic heterocycles. The number of piperidine rings is 1. The molecule has 7 nitrogen and oxygen atoms in total. The van der Waals surface area contributed by atoms with Crippen LogP contribution in [-0.2, 0) is 13.1 Å². The highest BCUT2D eigenvalue weighted by molar-refractivity contribution is 5.95. The Hall–Kier alpha value is -3.09. The number of hydrogen-bond acceptors (Lipinski definition) is 4. The monoisotopic (exact) mass is 408 g/mol. The summed E-state index contributed by atoms with van der Waals surface area (Å²) in [4.78, 5) is 27.6. The number of aryl methyl sites for hydroxylation is 2. The minimum atomic E-state index is -0.0700. The summed E-state index contributed by atoms with van der Waals surface area (Å²) in [5.41, 5.74) is 1.63. The second-order valence-electron chi connectivity index (χ2n) is 7.92. The van der Waals surface area contributed by atoms with Crippen molar-refractivity contribution in [3.63, 3.8) is 0 Å². The summed E-state index contributed by atoms with van der Waals surface area (Å²) in [6, 6.07) is 11.7. The van der Waals surface area contributed by atoms with Crippen molar-refractivity contribution < 1.29 is 9.21 Å². The molecule has 4 rings (SSSR count). The SMILES string of the molecule is CCn1c(C2CCN(C(=O)c3cc(C)oc3C)CC2)nn(Cc2ccccc2)c1=O. The van der Waals surface area contributed by atoms with Crippen molar-refractivity contribution in [2.24, 2.45) is 0 Å². The maximum atomic E-state index is 12.9. The second-order valence-corrected chi connectivity index (χ2v) is 7.92. The summed E-state index contributed by atoms with van der Waals surface area (Å²) < 4.78 is 8.84. The van der Waals surface area contributed by atoms with Crippen molar-refractivity contribution in [3.05, 3.63) is 75.4 Å². The van der Waals surface area contributed by atoms with Gasteiger partial charge in [-0.2, -0.15) is 5.10 Å². The standard InChI is InChI=1S/C23H28N4O3/c1-4-26-21(24-27(23(26)29)15-18-8-6-5-7-9-18)19-10-12-25(13-11-19)22(28)20-14-16(2)30-17(20)3/h5-9,14,19H,4,10-13,15H2,1-3H3. The van der Waals surface area contributed by atoms with Gasteiger partial charge in [0.15, 0.2) is 0 Å². The summed E-state index contributed by atoms with van der Waals surface area (Å²) in [5.74, 6) is 2.44. The average Bonchev–Trinajstić information content (AvgIpc) is 3.26. The van der Waals surface area contributed by atoms with Gasteiger partial charge < -0.3 is 9.32 Å². The van der Waals surface area contributed by atoms with Crippen LogP contribution >= 0.6 is 0 Å². The van der Waals surface area contributed by atoms with Crippen molar-refractivity contribution in [2.45, 2.75) is 52.6 Å². The molecule has 1 amide bonds. The van der Waals surface area contributed by atoms with Crippen molar-refractivity contribution in [1.82, 2.24) is 19.2 Å². The normalized spacial score (nSPS) is 15.0. The lowest BCUT2D eigenvalue weighted by Gasteiger charge is -2.31. The van der Waals surface area contributed by atoms with E-state index in [4.69, 9.17) is 9.52 Å². The molecule has 30 heavy (non-hydrogen) atoms. The molecule has 3 aromatic rings. The van der Waals surface area contributed by atoms with Crippen molar-refractivity contribution >= 4 is 5.91 Å². The minimum absolute atomic E-state index is 0.0188. The molecule has 0 spiro atoms. The summed E-state index contributed by atoms with van der Waals surface area (Å²) in [6.45, 7) is 8.01. The van der Waals surface area contributed by atoms with Crippen molar-refractivity contribution in [2.75, 3.05) is 13.1 Å². The molecule has 1 saturated heterocycles. The average molecular weight is 409 g/mol. The third-order valence-corrected chi connectivity index (χ3v) is 5.86. The zero-order valence-corrected chi connectivity index (χ0v) is 17.8. The number of aromatic nitrogens is 3. The number of rotatable bonds is 5. The Bertz CT molecular complexity index is 1090. The Morgan fingerprint density at radius 2 is 1.87 bits per heavy atom. The molecule has 1 aliphatic heterocycles. The van der Waals surface area contributed by atoms with Crippen LogP contribution in [0.3, 0.4) is 0 Å². The molecule has 158 valence electrons. The van der Waals surface area contributed by atoms with Crippen LogP contribution in [0.4, 0.5) is 0 Å². The highest BCUT2D eigenvalue weighted by Crippen LogP contribution is 2.28. The van der Waals surface area contributed by atoms with Gasteiger partial charge in [-0.3, -0.25) is 9.36 Å². The van der Waals surface area contributed by atoms with Crippen LogP contribution in [0.25, 0.3) is 0 Å². The number of benzene rings is 1. The number of nitrogens with zero attached hydrogens (tertiary/aromatic N) is 4. The predicted octanol–water partition coefficient (Wildman–Crippen LogP) is 3.34. The van der Waals surface area contributed by atoms with Gasteiger partial charge in [0.1, 0.15) is 17.3 Å². The Morgan fingerprint density at radius 1 is 1.17 bits per heavy atom. The first-order valence-electron chi connectivity index (χ1n) is 10.6. The van der Waals surface area contributed by atoms with E-state index in [1.807, 2.05) is 62.1 Å². The van der Waals surface area contributed by atoms with Crippen LogP contribution in [0.15, 0.2) is 45.6 Å². The molecular formula is C23H28N4O3. The van der Waals surface area contributed by atoms with E-state index in [0.717, 1.165) is 30.0 Å². The van der Waals surface area contributed by atoms with E-state index >= 15 is 0 Å². The topological polar surface area (TPSA) is 73.3 Å². The quantitative estimate of drug-likeness (QED) is 0.649. The van der Waals surface area contributed by atoms with Gasteiger partial charge in [0, 0.05) is 25.6 Å². The van der Waals surface area contributed by atoms with Crippen molar-refractivity contribution in [1.29, 1.82) is 0 Å². The fourth-order valence-electron chi connectivity index (χ4n) is 4.27. The predicted molar refractivity (Wildman–Crippen MR) is 114 cm³/mol. The summed E-state index contributed by atoms with van der Waals surface area (Å²) in [7, 11) is 0. The van der Waals surface area contributed by atoms with E-state index in [9.17, 15) is 9.59 Å². The highest BCUT2D eigenvalue weighted by Gasteiger charge is 2.30. The van der Waals surface area contributed by atoms with E-state index < -0.39 is 0 Å². The number of carbonyl (C=O) groups excluding carboxylic acids is 1. The Labute approximate surface area is 175 Å². The Balaban J connectivity index is 1.49. The van der Waals surface area contributed by atoms with Crippen LogP contribution in [0.2, 0.25) is 0 Å². The summed E-state index contributed by atoms with van der Waals surface area (Å²) in [6.07, 6.45) is 1.59. The molecule has 1 fully saturated rings. The zero-order chi connectivity index (χ0) is 21.3. The first-order chi connectivity index (χ1) is 14.5. The molecule has 1 aliphatic rings. The van der Waals surface area contributed by atoms with Crippen LogP contribution in [-0.4, -0.2) is 38.2 Å². The summed E-state index contributed by atoms with van der Waals surface area (Å²) in [5, 5.41) is 4.69. The van der Waals surface area contributed by atoms with Gasteiger partial charge in [-0.15, -0.1) is 0 Å². The molecule has 0 bridgehead atoms. The maximum Gasteiger partial charge on any atom is 0.346 e. The second kappa shape index (κ2) is 8.34. The molecule has 7 heteroatoms. The van der Waals surface area contributed by atoms with E-state index in [0.29, 0.717) is 37.5 Å².